The Hall–Kier alpha value is -0.160. The molecule has 0 aliphatic heterocycles. The van der Waals surface area contributed by atoms with Gasteiger partial charge in [-0.3, -0.25) is 0 Å². The van der Waals surface area contributed by atoms with E-state index in [0.717, 1.165) is 21.9 Å². The summed E-state index contributed by atoms with van der Waals surface area (Å²) in [5.41, 5.74) is 6.34. The zero-order valence-corrected chi connectivity index (χ0v) is 8.89. The van der Waals surface area contributed by atoms with E-state index in [1.165, 1.54) is 0 Å². The first-order valence-electron chi connectivity index (χ1n) is 3.07. The molecule has 11 heavy (non-hydrogen) atoms. The number of rotatable bonds is 2. The van der Waals surface area contributed by atoms with Crippen molar-refractivity contribution in [2.75, 3.05) is 11.1 Å². The molecule has 5 heteroatoms. The minimum Gasteiger partial charge on any atom is -0.368 e. The van der Waals surface area contributed by atoms with Crippen LogP contribution in [0.2, 0.25) is 0 Å². The third-order valence-electron chi connectivity index (χ3n) is 1.17. The van der Waals surface area contributed by atoms with Crippen LogP contribution in [0.4, 0.5) is 5.95 Å². The number of aromatic nitrogens is 2. The lowest BCUT2D eigenvalue weighted by Gasteiger charge is -2.00. The van der Waals surface area contributed by atoms with Crippen LogP contribution in [0.3, 0.4) is 0 Å². The van der Waals surface area contributed by atoms with Gasteiger partial charge in [0, 0.05) is 17.9 Å². The highest BCUT2D eigenvalue weighted by molar-refractivity contribution is 9.10. The van der Waals surface area contributed by atoms with Crippen molar-refractivity contribution in [1.29, 1.82) is 0 Å². The molecule has 0 spiro atoms. The molecule has 0 radical (unpaired) electrons. The molecule has 0 bridgehead atoms. The molecule has 60 valence electrons. The van der Waals surface area contributed by atoms with Crippen LogP contribution in [0, 0.1) is 0 Å². The average Bonchev–Trinajstić information content (AvgIpc) is 1.98. The maximum absolute atomic E-state index is 5.40. The second kappa shape index (κ2) is 4.01. The molecule has 1 aromatic heterocycles. The van der Waals surface area contributed by atoms with Gasteiger partial charge in [0.15, 0.2) is 0 Å². The normalized spacial score (nSPS) is 10.0. The number of hydrogen-bond donors (Lipinski definition) is 1. The van der Waals surface area contributed by atoms with E-state index in [4.69, 9.17) is 5.73 Å². The van der Waals surface area contributed by atoms with E-state index in [1.54, 1.807) is 6.20 Å². The van der Waals surface area contributed by atoms with Gasteiger partial charge in [0.2, 0.25) is 5.95 Å². The van der Waals surface area contributed by atoms with Gasteiger partial charge in [-0.15, -0.1) is 0 Å². The summed E-state index contributed by atoms with van der Waals surface area (Å²) in [6.45, 7) is 0. The Morgan fingerprint density at radius 1 is 1.55 bits per heavy atom. The van der Waals surface area contributed by atoms with Crippen molar-refractivity contribution in [2.45, 2.75) is 6.42 Å². The summed E-state index contributed by atoms with van der Waals surface area (Å²) >= 11 is 6.65. The Balaban J connectivity index is 2.93. The molecule has 1 rings (SSSR count). The molecule has 0 aromatic carbocycles. The third kappa shape index (κ3) is 2.41. The number of nitrogen functional groups attached to an aromatic ring is 1. The lowest BCUT2D eigenvalue weighted by Crippen LogP contribution is -2.00. The first-order valence-corrected chi connectivity index (χ1v) is 4.98. The maximum Gasteiger partial charge on any atom is 0.220 e. The lowest BCUT2D eigenvalue weighted by atomic mass is 10.3. The molecule has 1 aromatic rings. The third-order valence-corrected chi connectivity index (χ3v) is 2.23. The summed E-state index contributed by atoms with van der Waals surface area (Å²) < 4.78 is 0.908. The van der Waals surface area contributed by atoms with E-state index in [2.05, 4.69) is 41.8 Å². The topological polar surface area (TPSA) is 51.8 Å². The molecule has 1 heterocycles. The summed E-state index contributed by atoms with van der Waals surface area (Å²) in [7, 11) is 0. The van der Waals surface area contributed by atoms with Gasteiger partial charge in [-0.1, -0.05) is 15.9 Å². The van der Waals surface area contributed by atoms with Crippen LogP contribution < -0.4 is 5.73 Å². The molecule has 3 nitrogen and oxygen atoms in total. The van der Waals surface area contributed by atoms with Crippen LogP contribution in [0.15, 0.2) is 10.7 Å². The number of alkyl halides is 1. The number of nitrogens with two attached hydrogens (primary N) is 1. The largest absolute Gasteiger partial charge is 0.368 e. The smallest absolute Gasteiger partial charge is 0.220 e. The van der Waals surface area contributed by atoms with Gasteiger partial charge in [0.05, 0.1) is 10.2 Å². The van der Waals surface area contributed by atoms with Gasteiger partial charge in [-0.2, -0.15) is 0 Å². The van der Waals surface area contributed by atoms with Crippen molar-refractivity contribution in [3.8, 4) is 0 Å². The summed E-state index contributed by atoms with van der Waals surface area (Å²) in [6, 6.07) is 0. The number of aryl methyl sites for hydroxylation is 1. The minimum atomic E-state index is 0.323. The van der Waals surface area contributed by atoms with Gasteiger partial charge in [-0.05, 0) is 15.9 Å². The molecule has 0 saturated carbocycles. The van der Waals surface area contributed by atoms with Crippen LogP contribution >= 0.6 is 31.9 Å². The Labute approximate surface area is 81.7 Å². The number of anilines is 1. The van der Waals surface area contributed by atoms with Crippen molar-refractivity contribution in [3.05, 3.63) is 16.4 Å². The predicted molar refractivity (Wildman–Crippen MR) is 51.6 cm³/mol. The van der Waals surface area contributed by atoms with Gasteiger partial charge in [-0.25, -0.2) is 9.97 Å². The zero-order chi connectivity index (χ0) is 8.27. The fourth-order valence-corrected chi connectivity index (χ4v) is 1.45. The maximum atomic E-state index is 5.40. The molecule has 0 aliphatic rings. The van der Waals surface area contributed by atoms with E-state index < -0.39 is 0 Å². The summed E-state index contributed by atoms with van der Waals surface area (Å²) in [6.07, 6.45) is 2.52. The molecule has 0 aliphatic carbocycles. The van der Waals surface area contributed by atoms with E-state index in [9.17, 15) is 0 Å². The second-order valence-corrected chi connectivity index (χ2v) is 3.61. The molecule has 0 saturated heterocycles. The molecule has 0 fully saturated rings. The van der Waals surface area contributed by atoms with Crippen LogP contribution in [0.1, 0.15) is 5.69 Å². The van der Waals surface area contributed by atoms with Crippen molar-refractivity contribution in [3.63, 3.8) is 0 Å². The molecular weight excluding hydrogens is 274 g/mol. The zero-order valence-electron chi connectivity index (χ0n) is 5.72. The van der Waals surface area contributed by atoms with Crippen LogP contribution in [-0.4, -0.2) is 15.3 Å². The quantitative estimate of drug-likeness (QED) is 0.840. The van der Waals surface area contributed by atoms with Crippen molar-refractivity contribution >= 4 is 37.8 Å². The Morgan fingerprint density at radius 3 is 2.91 bits per heavy atom. The second-order valence-electron chi connectivity index (χ2n) is 1.96. The van der Waals surface area contributed by atoms with Crippen LogP contribution in [0.25, 0.3) is 0 Å². The molecular formula is C6H7Br2N3. The lowest BCUT2D eigenvalue weighted by molar-refractivity contribution is 1.01. The van der Waals surface area contributed by atoms with Gasteiger partial charge in [0.25, 0.3) is 0 Å². The van der Waals surface area contributed by atoms with Gasteiger partial charge in [0.1, 0.15) is 0 Å². The number of nitrogens with zero attached hydrogens (tertiary/aromatic N) is 2. The molecule has 0 unspecified atom stereocenters. The van der Waals surface area contributed by atoms with Crippen molar-refractivity contribution in [2.24, 2.45) is 0 Å². The molecule has 0 atom stereocenters. The summed E-state index contributed by atoms with van der Waals surface area (Å²) in [5.74, 6) is 0.323. The highest BCUT2D eigenvalue weighted by Crippen LogP contribution is 2.14. The highest BCUT2D eigenvalue weighted by atomic mass is 79.9. The van der Waals surface area contributed by atoms with Crippen molar-refractivity contribution < 1.29 is 0 Å². The van der Waals surface area contributed by atoms with E-state index in [-0.39, 0.29) is 0 Å². The fraction of sp³-hybridized carbons (Fsp3) is 0.333. The Bertz CT molecular complexity index is 252. The molecule has 2 N–H and O–H groups in total. The van der Waals surface area contributed by atoms with Gasteiger partial charge >= 0.3 is 0 Å². The average molecular weight is 281 g/mol. The highest BCUT2D eigenvalue weighted by Gasteiger charge is 2.01. The number of halogens is 2. The monoisotopic (exact) mass is 279 g/mol. The minimum absolute atomic E-state index is 0.323. The SMILES string of the molecule is Nc1ncc(Br)c(CCBr)n1. The van der Waals surface area contributed by atoms with Crippen molar-refractivity contribution in [1.82, 2.24) is 9.97 Å². The summed E-state index contributed by atoms with van der Waals surface area (Å²) in [4.78, 5) is 7.88. The first-order chi connectivity index (χ1) is 5.24. The predicted octanol–water partition coefficient (Wildman–Crippen LogP) is 1.76. The first kappa shape index (κ1) is 8.93. The van der Waals surface area contributed by atoms with Crippen LogP contribution in [0.5, 0.6) is 0 Å². The van der Waals surface area contributed by atoms with Gasteiger partial charge < -0.3 is 5.73 Å². The fourth-order valence-electron chi connectivity index (χ4n) is 0.683. The number of hydrogen-bond acceptors (Lipinski definition) is 3. The van der Waals surface area contributed by atoms with E-state index in [1.807, 2.05) is 0 Å². The van der Waals surface area contributed by atoms with E-state index in [0.29, 0.717) is 5.95 Å². The summed E-state index contributed by atoms with van der Waals surface area (Å²) in [5, 5.41) is 0.877. The van der Waals surface area contributed by atoms with E-state index >= 15 is 0 Å². The Kier molecular flexibility index (Phi) is 3.26. The molecule has 0 amide bonds. The standard InChI is InChI=1S/C6H7Br2N3/c7-2-1-5-4(8)3-10-6(9)11-5/h3H,1-2H2,(H2,9,10,11). The Morgan fingerprint density at radius 2 is 2.27 bits per heavy atom. The van der Waals surface area contributed by atoms with Crippen LogP contribution in [-0.2, 0) is 6.42 Å².